The van der Waals surface area contributed by atoms with Crippen LogP contribution in [0, 0.1) is 11.3 Å². The van der Waals surface area contributed by atoms with Crippen molar-refractivity contribution < 1.29 is 14.2 Å². The highest BCUT2D eigenvalue weighted by Gasteiger charge is 2.33. The number of fused-ring (bicyclic) bond motifs is 2. The molecule has 0 aliphatic carbocycles. The number of pyridine rings is 1. The fourth-order valence-corrected chi connectivity index (χ4v) is 6.12. The molecule has 4 heterocycles. The molecule has 2 aliphatic rings. The molecule has 0 atom stereocenters. The number of benzene rings is 1. The van der Waals surface area contributed by atoms with Gasteiger partial charge in [-0.05, 0) is 37.5 Å². The monoisotopic (exact) mass is 506 g/mol. The van der Waals surface area contributed by atoms with E-state index >= 15 is 0 Å². The molecule has 1 aromatic carbocycles. The number of hydrogen-bond acceptors (Lipinski definition) is 7. The minimum absolute atomic E-state index is 0.297. The van der Waals surface area contributed by atoms with Crippen LogP contribution in [0.5, 0.6) is 0 Å². The normalized spacial score (nSPS) is 17.2. The van der Waals surface area contributed by atoms with Crippen LogP contribution in [0.4, 0.5) is 5.82 Å². The van der Waals surface area contributed by atoms with Gasteiger partial charge in [0.1, 0.15) is 16.9 Å². The molecule has 0 spiro atoms. The van der Waals surface area contributed by atoms with Gasteiger partial charge >= 0.3 is 0 Å². The number of aryl methyl sites for hydroxylation is 1. The molecular weight excluding hydrogens is 472 g/mol. The summed E-state index contributed by atoms with van der Waals surface area (Å²) < 4.78 is 19.3. The highest BCUT2D eigenvalue weighted by Crippen LogP contribution is 2.39. The Morgan fingerprint density at radius 1 is 1.19 bits per heavy atom. The van der Waals surface area contributed by atoms with Crippen LogP contribution >= 0.6 is 11.8 Å². The van der Waals surface area contributed by atoms with Crippen molar-refractivity contribution >= 4 is 28.5 Å². The van der Waals surface area contributed by atoms with Crippen molar-refractivity contribution in [2.45, 2.75) is 50.5 Å². The summed E-state index contributed by atoms with van der Waals surface area (Å²) in [6.45, 7) is 9.19. The van der Waals surface area contributed by atoms with Crippen LogP contribution in [-0.4, -0.2) is 60.9 Å². The molecule has 3 aromatic rings. The molecule has 0 radical (unpaired) electrons. The quantitative estimate of drug-likeness (QED) is 0.414. The van der Waals surface area contributed by atoms with Gasteiger partial charge < -0.3 is 23.7 Å². The van der Waals surface area contributed by atoms with Gasteiger partial charge in [-0.1, -0.05) is 18.2 Å². The van der Waals surface area contributed by atoms with Crippen molar-refractivity contribution in [2.24, 2.45) is 0 Å². The zero-order valence-electron chi connectivity index (χ0n) is 21.4. The third kappa shape index (κ3) is 5.12. The van der Waals surface area contributed by atoms with E-state index in [9.17, 15) is 5.26 Å². The van der Waals surface area contributed by atoms with Gasteiger partial charge in [0.05, 0.1) is 37.6 Å². The largest absolute Gasteiger partial charge is 0.383 e. The Morgan fingerprint density at radius 2 is 2.00 bits per heavy atom. The zero-order chi connectivity index (χ0) is 25.1. The summed E-state index contributed by atoms with van der Waals surface area (Å²) in [5, 5.41) is 12.3. The molecular formula is C28H34N4O3S. The van der Waals surface area contributed by atoms with Gasteiger partial charge in [-0.15, -0.1) is 11.8 Å². The number of hydrogen-bond donors (Lipinski definition) is 0. The summed E-state index contributed by atoms with van der Waals surface area (Å²) in [4.78, 5) is 7.37. The summed E-state index contributed by atoms with van der Waals surface area (Å²) in [6, 6.07) is 11.0. The summed E-state index contributed by atoms with van der Waals surface area (Å²) >= 11 is 1.69. The lowest BCUT2D eigenvalue weighted by Crippen LogP contribution is -2.39. The molecule has 1 saturated heterocycles. The van der Waals surface area contributed by atoms with E-state index in [1.807, 2.05) is 0 Å². The smallest absolute Gasteiger partial charge is 0.135 e. The topological polar surface area (TPSA) is 72.5 Å². The van der Waals surface area contributed by atoms with Crippen LogP contribution in [0.2, 0.25) is 0 Å². The number of ether oxygens (including phenoxy) is 3. The number of rotatable bonds is 8. The van der Waals surface area contributed by atoms with Crippen LogP contribution in [0.25, 0.3) is 10.9 Å². The van der Waals surface area contributed by atoms with E-state index in [-0.39, 0.29) is 5.60 Å². The summed E-state index contributed by atoms with van der Waals surface area (Å²) in [6.07, 6.45) is 3.86. The highest BCUT2D eigenvalue weighted by molar-refractivity contribution is 7.99. The van der Waals surface area contributed by atoms with E-state index in [1.54, 1.807) is 18.9 Å². The van der Waals surface area contributed by atoms with E-state index in [4.69, 9.17) is 19.2 Å². The van der Waals surface area contributed by atoms with E-state index in [0.717, 1.165) is 53.8 Å². The van der Waals surface area contributed by atoms with Gasteiger partial charge in [-0.2, -0.15) is 5.26 Å². The summed E-state index contributed by atoms with van der Waals surface area (Å²) in [5.41, 5.74) is 5.13. The Morgan fingerprint density at radius 3 is 2.78 bits per heavy atom. The van der Waals surface area contributed by atoms with Gasteiger partial charge in [0, 0.05) is 61.6 Å². The third-order valence-electron chi connectivity index (χ3n) is 7.01. The van der Waals surface area contributed by atoms with Crippen molar-refractivity contribution in [3.63, 3.8) is 0 Å². The van der Waals surface area contributed by atoms with E-state index in [0.29, 0.717) is 38.4 Å². The highest BCUT2D eigenvalue weighted by atomic mass is 32.2. The second-order valence-corrected chi connectivity index (χ2v) is 11.0. The molecule has 190 valence electrons. The number of thioether (sulfide) groups is 1. The SMILES string of the molecule is COCCn1cc(CCSc2nc(N3CCOCC3)c3c(c2C#N)CC(C)(C)OC3)c2ccccc21. The third-order valence-corrected chi connectivity index (χ3v) is 7.98. The van der Waals surface area contributed by atoms with Crippen LogP contribution in [0.15, 0.2) is 35.5 Å². The molecule has 2 aliphatic heterocycles. The number of nitriles is 1. The Hall–Kier alpha value is -2.57. The number of morpholine rings is 1. The predicted molar refractivity (Wildman–Crippen MR) is 143 cm³/mol. The first-order valence-corrected chi connectivity index (χ1v) is 13.6. The lowest BCUT2D eigenvalue weighted by molar-refractivity contribution is -0.0402. The average molecular weight is 507 g/mol. The average Bonchev–Trinajstić information content (AvgIpc) is 3.24. The second-order valence-electron chi connectivity index (χ2n) is 9.97. The number of anilines is 1. The summed E-state index contributed by atoms with van der Waals surface area (Å²) in [5.74, 6) is 1.81. The first kappa shape index (κ1) is 25.1. The first-order chi connectivity index (χ1) is 17.5. The van der Waals surface area contributed by atoms with Gasteiger partial charge in [-0.25, -0.2) is 4.98 Å². The Balaban J connectivity index is 1.43. The van der Waals surface area contributed by atoms with Crippen molar-refractivity contribution in [1.29, 1.82) is 5.26 Å². The maximum atomic E-state index is 10.2. The first-order valence-electron chi connectivity index (χ1n) is 12.6. The van der Waals surface area contributed by atoms with Crippen LogP contribution in [0.1, 0.15) is 36.1 Å². The number of nitrogens with zero attached hydrogens (tertiary/aromatic N) is 4. The minimum Gasteiger partial charge on any atom is -0.383 e. The molecule has 0 N–H and O–H groups in total. The Kier molecular flexibility index (Phi) is 7.54. The fourth-order valence-electron chi connectivity index (χ4n) is 5.14. The molecule has 2 aromatic heterocycles. The molecule has 8 heteroatoms. The second kappa shape index (κ2) is 10.8. The Labute approximate surface area is 217 Å². The summed E-state index contributed by atoms with van der Waals surface area (Å²) in [7, 11) is 1.74. The molecule has 0 unspecified atom stereocenters. The molecule has 1 fully saturated rings. The van der Waals surface area contributed by atoms with Crippen LogP contribution in [0.3, 0.4) is 0 Å². The van der Waals surface area contributed by atoms with Gasteiger partial charge in [-0.3, -0.25) is 0 Å². The van der Waals surface area contributed by atoms with Crippen LogP contribution in [-0.2, 0) is 40.2 Å². The van der Waals surface area contributed by atoms with E-state index in [2.05, 4.69) is 59.8 Å². The molecule has 36 heavy (non-hydrogen) atoms. The molecule has 5 rings (SSSR count). The number of aromatic nitrogens is 2. The minimum atomic E-state index is -0.297. The van der Waals surface area contributed by atoms with Gasteiger partial charge in [0.2, 0.25) is 0 Å². The number of para-hydroxylation sites is 1. The molecule has 0 saturated carbocycles. The molecule has 0 amide bonds. The van der Waals surface area contributed by atoms with Crippen molar-refractivity contribution in [3.05, 3.63) is 52.7 Å². The lowest BCUT2D eigenvalue weighted by atomic mass is 9.89. The lowest BCUT2D eigenvalue weighted by Gasteiger charge is -2.36. The van der Waals surface area contributed by atoms with Gasteiger partial charge in [0.25, 0.3) is 0 Å². The van der Waals surface area contributed by atoms with Crippen molar-refractivity contribution in [2.75, 3.05) is 50.7 Å². The Bertz CT molecular complexity index is 1270. The van der Waals surface area contributed by atoms with E-state index in [1.165, 1.54) is 16.5 Å². The van der Waals surface area contributed by atoms with Crippen molar-refractivity contribution in [1.82, 2.24) is 9.55 Å². The van der Waals surface area contributed by atoms with Crippen molar-refractivity contribution in [3.8, 4) is 6.07 Å². The maximum absolute atomic E-state index is 10.2. The van der Waals surface area contributed by atoms with Crippen LogP contribution < -0.4 is 4.90 Å². The molecule has 7 nitrogen and oxygen atoms in total. The maximum Gasteiger partial charge on any atom is 0.135 e. The standard InChI is InChI=1S/C28H34N4O3S/c1-28(2)16-22-23(17-29)27(30-26(24(22)19-35-28)31-10-13-34-14-11-31)36-15-8-20-18-32(9-12-33-3)25-7-5-4-6-21(20)25/h4-7,18H,8-16,19H2,1-3H3. The van der Waals surface area contributed by atoms with E-state index < -0.39 is 0 Å². The molecule has 0 bridgehead atoms. The predicted octanol–water partition coefficient (Wildman–Crippen LogP) is 4.58. The van der Waals surface area contributed by atoms with Gasteiger partial charge in [0.15, 0.2) is 0 Å². The number of methoxy groups -OCH3 is 1. The fraction of sp³-hybridized carbons (Fsp3) is 0.500. The zero-order valence-corrected chi connectivity index (χ0v) is 22.2.